The quantitative estimate of drug-likeness (QED) is 0.882. The molecule has 0 bridgehead atoms. The predicted molar refractivity (Wildman–Crippen MR) is 78.9 cm³/mol. The summed E-state index contributed by atoms with van der Waals surface area (Å²) in [6, 6.07) is 7.41. The Morgan fingerprint density at radius 2 is 2.11 bits per heavy atom. The molecule has 19 heavy (non-hydrogen) atoms. The number of carbonyl (C=O) groups excluding carboxylic acids is 1. The lowest BCUT2D eigenvalue weighted by atomic mass is 10.1. The Kier molecular flexibility index (Phi) is 4.52. The number of carbonyl (C=O) groups is 1. The maximum absolute atomic E-state index is 12.0. The summed E-state index contributed by atoms with van der Waals surface area (Å²) in [4.78, 5) is 16.2. The molecule has 1 amide bonds. The molecule has 0 fully saturated rings. The zero-order valence-corrected chi connectivity index (χ0v) is 11.8. The average molecular weight is 275 g/mol. The van der Waals surface area contributed by atoms with E-state index in [1.807, 2.05) is 36.7 Å². The first kappa shape index (κ1) is 13.5. The van der Waals surface area contributed by atoms with Crippen LogP contribution in [0, 0.1) is 0 Å². The third-order valence-corrected chi connectivity index (χ3v) is 3.88. The molecule has 0 saturated heterocycles. The fourth-order valence-electron chi connectivity index (χ4n) is 1.70. The summed E-state index contributed by atoms with van der Waals surface area (Å²) >= 11 is 1.61. The van der Waals surface area contributed by atoms with Gasteiger partial charge in [0.15, 0.2) is 0 Å². The minimum absolute atomic E-state index is 0.0499. The van der Waals surface area contributed by atoms with Gasteiger partial charge in [-0.15, -0.1) is 11.3 Å². The first-order valence-corrected chi connectivity index (χ1v) is 7.04. The van der Waals surface area contributed by atoms with Crippen LogP contribution in [0.3, 0.4) is 0 Å². The molecule has 2 N–H and O–H groups in total. The van der Waals surface area contributed by atoms with E-state index in [1.165, 1.54) is 0 Å². The van der Waals surface area contributed by atoms with Gasteiger partial charge in [0.1, 0.15) is 0 Å². The number of hydrogen-bond acceptors (Lipinski definition) is 4. The number of hydrogen-bond donors (Lipinski definition) is 2. The molecule has 100 valence electrons. The van der Waals surface area contributed by atoms with E-state index in [9.17, 15) is 4.79 Å². The van der Waals surface area contributed by atoms with Crippen LogP contribution in [0.25, 0.3) is 0 Å². The number of benzene rings is 1. The highest BCUT2D eigenvalue weighted by Crippen LogP contribution is 2.16. The molecule has 0 aliphatic carbocycles. The number of nitrogens with one attached hydrogen (secondary N) is 2. The molecule has 2 rings (SSSR count). The summed E-state index contributed by atoms with van der Waals surface area (Å²) in [5.41, 5.74) is 1.66. The van der Waals surface area contributed by atoms with Crippen molar-refractivity contribution in [2.45, 2.75) is 12.8 Å². The van der Waals surface area contributed by atoms with Crippen LogP contribution in [0.2, 0.25) is 0 Å². The number of aromatic nitrogens is 1. The lowest BCUT2D eigenvalue weighted by Crippen LogP contribution is -2.27. The fraction of sp³-hybridized carbons (Fsp3) is 0.286. The standard InChI is InChI=1S/C14H17N3OS/c1-10(14-16-7-8-19-14)9-17-13(18)11-3-5-12(15-2)6-4-11/h3-8,10,15H,9H2,1-2H3,(H,17,18). The lowest BCUT2D eigenvalue weighted by molar-refractivity contribution is 0.0951. The maximum Gasteiger partial charge on any atom is 0.251 e. The van der Waals surface area contributed by atoms with Crippen LogP contribution in [0.15, 0.2) is 35.8 Å². The molecule has 5 heteroatoms. The van der Waals surface area contributed by atoms with Gasteiger partial charge in [-0.1, -0.05) is 6.92 Å². The number of anilines is 1. The van der Waals surface area contributed by atoms with Gasteiger partial charge in [0.2, 0.25) is 0 Å². The first-order chi connectivity index (χ1) is 9.20. The van der Waals surface area contributed by atoms with Gasteiger partial charge in [0.25, 0.3) is 5.91 Å². The van der Waals surface area contributed by atoms with Crippen LogP contribution in [0.5, 0.6) is 0 Å². The second kappa shape index (κ2) is 6.33. The summed E-state index contributed by atoms with van der Waals surface area (Å²) in [6.45, 7) is 2.66. The number of rotatable bonds is 5. The Hall–Kier alpha value is -1.88. The molecule has 1 aromatic carbocycles. The minimum atomic E-state index is -0.0499. The van der Waals surface area contributed by atoms with Gasteiger partial charge in [0, 0.05) is 42.3 Å². The Morgan fingerprint density at radius 3 is 2.68 bits per heavy atom. The van der Waals surface area contributed by atoms with Crippen molar-refractivity contribution < 1.29 is 4.79 Å². The molecular weight excluding hydrogens is 258 g/mol. The van der Waals surface area contributed by atoms with E-state index < -0.39 is 0 Å². The first-order valence-electron chi connectivity index (χ1n) is 6.16. The van der Waals surface area contributed by atoms with Gasteiger partial charge >= 0.3 is 0 Å². The fourth-order valence-corrected chi connectivity index (χ4v) is 2.40. The van der Waals surface area contributed by atoms with E-state index in [0.717, 1.165) is 10.7 Å². The van der Waals surface area contributed by atoms with Crippen molar-refractivity contribution in [1.82, 2.24) is 10.3 Å². The zero-order chi connectivity index (χ0) is 13.7. The van der Waals surface area contributed by atoms with Gasteiger partial charge in [-0.25, -0.2) is 4.98 Å². The molecule has 0 aliphatic rings. The Bertz CT molecular complexity index is 522. The van der Waals surface area contributed by atoms with Gasteiger partial charge < -0.3 is 10.6 Å². The summed E-state index contributed by atoms with van der Waals surface area (Å²) in [7, 11) is 1.85. The normalized spacial score (nSPS) is 11.9. The van der Waals surface area contributed by atoms with Crippen molar-refractivity contribution in [3.63, 3.8) is 0 Å². The van der Waals surface area contributed by atoms with Crippen molar-refractivity contribution >= 4 is 22.9 Å². The summed E-state index contributed by atoms with van der Waals surface area (Å²) in [6.07, 6.45) is 1.79. The molecule has 1 aromatic heterocycles. The van der Waals surface area contributed by atoms with Gasteiger partial charge in [0.05, 0.1) is 5.01 Å². The van der Waals surface area contributed by atoms with E-state index >= 15 is 0 Å². The van der Waals surface area contributed by atoms with Crippen molar-refractivity contribution in [3.05, 3.63) is 46.4 Å². The summed E-state index contributed by atoms with van der Waals surface area (Å²) in [5.74, 6) is 0.187. The van der Waals surface area contributed by atoms with Crippen molar-refractivity contribution in [2.24, 2.45) is 0 Å². The molecule has 1 atom stereocenters. The predicted octanol–water partition coefficient (Wildman–Crippen LogP) is 2.72. The monoisotopic (exact) mass is 275 g/mol. The maximum atomic E-state index is 12.0. The third-order valence-electron chi connectivity index (χ3n) is 2.88. The Morgan fingerprint density at radius 1 is 1.37 bits per heavy atom. The van der Waals surface area contributed by atoms with E-state index in [4.69, 9.17) is 0 Å². The third kappa shape index (κ3) is 3.54. The molecule has 0 saturated carbocycles. The molecule has 0 aliphatic heterocycles. The second-order valence-corrected chi connectivity index (χ2v) is 5.23. The Balaban J connectivity index is 1.90. The average Bonchev–Trinajstić information content (AvgIpc) is 2.98. The van der Waals surface area contributed by atoms with E-state index in [-0.39, 0.29) is 11.8 Å². The highest BCUT2D eigenvalue weighted by Gasteiger charge is 2.11. The highest BCUT2D eigenvalue weighted by atomic mass is 32.1. The van der Waals surface area contributed by atoms with Gasteiger partial charge in [-0.3, -0.25) is 4.79 Å². The van der Waals surface area contributed by atoms with Crippen LogP contribution in [-0.2, 0) is 0 Å². The molecule has 4 nitrogen and oxygen atoms in total. The SMILES string of the molecule is CNc1ccc(C(=O)NCC(C)c2nccs2)cc1. The lowest BCUT2D eigenvalue weighted by Gasteiger charge is -2.10. The van der Waals surface area contributed by atoms with Crippen LogP contribution < -0.4 is 10.6 Å². The smallest absolute Gasteiger partial charge is 0.251 e. The topological polar surface area (TPSA) is 54.0 Å². The van der Waals surface area contributed by atoms with Crippen LogP contribution in [0.4, 0.5) is 5.69 Å². The van der Waals surface area contributed by atoms with E-state index in [0.29, 0.717) is 12.1 Å². The summed E-state index contributed by atoms with van der Waals surface area (Å²) in [5, 5.41) is 8.95. The number of thiazole rings is 1. The zero-order valence-electron chi connectivity index (χ0n) is 11.0. The summed E-state index contributed by atoms with van der Waals surface area (Å²) < 4.78 is 0. The van der Waals surface area contributed by atoms with Crippen LogP contribution >= 0.6 is 11.3 Å². The minimum Gasteiger partial charge on any atom is -0.388 e. The highest BCUT2D eigenvalue weighted by molar-refractivity contribution is 7.09. The molecule has 1 heterocycles. The van der Waals surface area contributed by atoms with E-state index in [2.05, 4.69) is 22.5 Å². The molecular formula is C14H17N3OS. The van der Waals surface area contributed by atoms with Gasteiger partial charge in [-0.2, -0.15) is 0 Å². The largest absolute Gasteiger partial charge is 0.388 e. The Labute approximate surface area is 116 Å². The van der Waals surface area contributed by atoms with Crippen molar-refractivity contribution in [1.29, 1.82) is 0 Å². The van der Waals surface area contributed by atoms with Crippen molar-refractivity contribution in [3.8, 4) is 0 Å². The number of nitrogens with zero attached hydrogens (tertiary/aromatic N) is 1. The van der Waals surface area contributed by atoms with Crippen molar-refractivity contribution in [2.75, 3.05) is 18.9 Å². The number of amides is 1. The van der Waals surface area contributed by atoms with Gasteiger partial charge in [-0.05, 0) is 24.3 Å². The van der Waals surface area contributed by atoms with Crippen LogP contribution in [-0.4, -0.2) is 24.5 Å². The molecule has 0 spiro atoms. The van der Waals surface area contributed by atoms with Crippen LogP contribution in [0.1, 0.15) is 28.2 Å². The van der Waals surface area contributed by atoms with E-state index in [1.54, 1.807) is 17.5 Å². The molecule has 2 aromatic rings. The molecule has 0 radical (unpaired) electrons. The second-order valence-electron chi connectivity index (χ2n) is 4.31. The molecule has 1 unspecified atom stereocenters.